The van der Waals surface area contributed by atoms with Gasteiger partial charge in [0.05, 0.1) is 17.9 Å². The Morgan fingerprint density at radius 3 is 2.76 bits per heavy atom. The number of rotatable bonds is 4. The molecule has 1 aromatic carbocycles. The molecule has 0 atom stereocenters. The number of para-hydroxylation sites is 1. The number of nitrogen functional groups attached to an aromatic ring is 1. The summed E-state index contributed by atoms with van der Waals surface area (Å²) >= 11 is 0. The van der Waals surface area contributed by atoms with E-state index in [4.69, 9.17) is 15.6 Å². The maximum Gasteiger partial charge on any atom is 0.337 e. The van der Waals surface area contributed by atoms with Gasteiger partial charge in [0.1, 0.15) is 0 Å². The summed E-state index contributed by atoms with van der Waals surface area (Å²) in [6, 6.07) is 4.58. The average Bonchev–Trinajstić information content (AvgIpc) is 2.27. The highest BCUT2D eigenvalue weighted by Gasteiger charge is 2.09. The van der Waals surface area contributed by atoms with E-state index in [0.717, 1.165) is 0 Å². The van der Waals surface area contributed by atoms with Crippen molar-refractivity contribution in [2.24, 2.45) is 0 Å². The minimum absolute atomic E-state index is 0.0102. The van der Waals surface area contributed by atoms with Gasteiger partial charge in [0.15, 0.2) is 0 Å². The van der Waals surface area contributed by atoms with E-state index in [1.807, 2.05) is 0 Å². The Kier molecular flexibility index (Phi) is 4.28. The molecule has 17 heavy (non-hydrogen) atoms. The molecule has 3 N–H and O–H groups in total. The van der Waals surface area contributed by atoms with Gasteiger partial charge in [-0.25, -0.2) is 9.59 Å². The van der Waals surface area contributed by atoms with Gasteiger partial charge in [-0.3, -0.25) is 0 Å². The molecule has 0 fully saturated rings. The molecule has 1 aromatic rings. The molecular weight excluding hydrogens is 222 g/mol. The number of nitrogens with two attached hydrogens (primary N) is 1. The Hall–Kier alpha value is -2.30. The SMILES string of the molecule is CCOC(=O)C=Cc1cccc(C(=O)O)c1N. The summed E-state index contributed by atoms with van der Waals surface area (Å²) in [4.78, 5) is 21.9. The standard InChI is InChI=1S/C12H13NO4/c1-2-17-10(14)7-6-8-4-3-5-9(11(8)13)12(15)16/h3-7H,2,13H2,1H3,(H,15,16). The summed E-state index contributed by atoms with van der Waals surface area (Å²) in [5.41, 5.74) is 6.27. The van der Waals surface area contributed by atoms with Gasteiger partial charge >= 0.3 is 11.9 Å². The van der Waals surface area contributed by atoms with Gasteiger partial charge in [-0.05, 0) is 24.6 Å². The number of carbonyl (C=O) groups excluding carboxylic acids is 1. The Balaban J connectivity index is 2.96. The first-order chi connectivity index (χ1) is 8.06. The van der Waals surface area contributed by atoms with Crippen LogP contribution in [0.2, 0.25) is 0 Å². The molecule has 1 rings (SSSR count). The molecule has 0 saturated heterocycles. The lowest BCUT2D eigenvalue weighted by molar-refractivity contribution is -0.137. The normalized spacial score (nSPS) is 10.4. The quantitative estimate of drug-likeness (QED) is 0.469. The first kappa shape index (κ1) is 12.8. The monoisotopic (exact) mass is 235 g/mol. The number of ether oxygens (including phenoxy) is 1. The van der Waals surface area contributed by atoms with E-state index in [1.54, 1.807) is 19.1 Å². The van der Waals surface area contributed by atoms with Crippen molar-refractivity contribution in [3.8, 4) is 0 Å². The fraction of sp³-hybridized carbons (Fsp3) is 0.167. The van der Waals surface area contributed by atoms with E-state index in [9.17, 15) is 9.59 Å². The van der Waals surface area contributed by atoms with Crippen molar-refractivity contribution in [3.63, 3.8) is 0 Å². The summed E-state index contributed by atoms with van der Waals surface area (Å²) in [6.07, 6.45) is 2.64. The Morgan fingerprint density at radius 1 is 1.47 bits per heavy atom. The van der Waals surface area contributed by atoms with Crippen LogP contribution in [-0.2, 0) is 9.53 Å². The van der Waals surface area contributed by atoms with Crippen molar-refractivity contribution in [1.29, 1.82) is 0 Å². The van der Waals surface area contributed by atoms with E-state index in [2.05, 4.69) is 0 Å². The zero-order valence-electron chi connectivity index (χ0n) is 9.34. The van der Waals surface area contributed by atoms with Gasteiger partial charge in [0.2, 0.25) is 0 Å². The maximum absolute atomic E-state index is 11.1. The van der Waals surface area contributed by atoms with Gasteiger partial charge in [-0.15, -0.1) is 0 Å². The molecular formula is C12H13NO4. The maximum atomic E-state index is 11.1. The Bertz CT molecular complexity index is 466. The van der Waals surface area contributed by atoms with Crippen LogP contribution in [0.4, 0.5) is 5.69 Å². The molecule has 0 aliphatic rings. The lowest BCUT2D eigenvalue weighted by atomic mass is 10.1. The van der Waals surface area contributed by atoms with Crippen LogP contribution in [0.15, 0.2) is 24.3 Å². The van der Waals surface area contributed by atoms with Gasteiger partial charge in [0, 0.05) is 6.08 Å². The van der Waals surface area contributed by atoms with Crippen molar-refractivity contribution < 1.29 is 19.4 Å². The zero-order valence-corrected chi connectivity index (χ0v) is 9.34. The van der Waals surface area contributed by atoms with Crippen molar-refractivity contribution in [2.75, 3.05) is 12.3 Å². The molecule has 0 radical (unpaired) electrons. The second kappa shape index (κ2) is 5.69. The van der Waals surface area contributed by atoms with E-state index < -0.39 is 11.9 Å². The fourth-order valence-corrected chi connectivity index (χ4v) is 1.26. The first-order valence-electron chi connectivity index (χ1n) is 5.03. The molecule has 0 unspecified atom stereocenters. The molecule has 0 spiro atoms. The number of benzene rings is 1. The number of carboxylic acids is 1. The summed E-state index contributed by atoms with van der Waals surface area (Å²) in [5, 5.41) is 8.86. The Labute approximate surface area is 98.5 Å². The van der Waals surface area contributed by atoms with Crippen LogP contribution < -0.4 is 5.73 Å². The summed E-state index contributed by atoms with van der Waals surface area (Å²) < 4.78 is 4.70. The predicted octanol–water partition coefficient (Wildman–Crippen LogP) is 1.54. The van der Waals surface area contributed by atoms with E-state index >= 15 is 0 Å². The van der Waals surface area contributed by atoms with Crippen LogP contribution in [0, 0.1) is 0 Å². The highest BCUT2D eigenvalue weighted by atomic mass is 16.5. The summed E-state index contributed by atoms with van der Waals surface area (Å²) in [5.74, 6) is -1.60. The summed E-state index contributed by atoms with van der Waals surface area (Å²) in [6.45, 7) is 1.99. The van der Waals surface area contributed by atoms with Crippen molar-refractivity contribution in [3.05, 3.63) is 35.4 Å². The van der Waals surface area contributed by atoms with Crippen LogP contribution in [0.3, 0.4) is 0 Å². The third-order valence-corrected chi connectivity index (χ3v) is 2.06. The van der Waals surface area contributed by atoms with E-state index in [1.165, 1.54) is 18.2 Å². The number of anilines is 1. The highest BCUT2D eigenvalue weighted by molar-refractivity contribution is 5.97. The first-order valence-corrected chi connectivity index (χ1v) is 5.03. The molecule has 0 aromatic heterocycles. The molecule has 0 heterocycles. The second-order valence-electron chi connectivity index (χ2n) is 3.20. The zero-order chi connectivity index (χ0) is 12.8. The molecule has 5 nitrogen and oxygen atoms in total. The van der Waals surface area contributed by atoms with Crippen LogP contribution in [0.5, 0.6) is 0 Å². The molecule has 0 bridgehead atoms. The number of esters is 1. The highest BCUT2D eigenvalue weighted by Crippen LogP contribution is 2.18. The number of carboxylic acid groups (broad SMARTS) is 1. The van der Waals surface area contributed by atoms with E-state index in [-0.39, 0.29) is 17.9 Å². The lowest BCUT2D eigenvalue weighted by Gasteiger charge is -2.04. The number of aromatic carboxylic acids is 1. The van der Waals surface area contributed by atoms with Crippen molar-refractivity contribution in [1.82, 2.24) is 0 Å². The minimum atomic E-state index is -1.10. The van der Waals surface area contributed by atoms with Gasteiger partial charge in [-0.2, -0.15) is 0 Å². The van der Waals surface area contributed by atoms with Gasteiger partial charge in [0.25, 0.3) is 0 Å². The third kappa shape index (κ3) is 3.34. The second-order valence-corrected chi connectivity index (χ2v) is 3.20. The topological polar surface area (TPSA) is 89.6 Å². The number of hydrogen-bond acceptors (Lipinski definition) is 4. The fourth-order valence-electron chi connectivity index (χ4n) is 1.26. The van der Waals surface area contributed by atoms with Crippen molar-refractivity contribution in [2.45, 2.75) is 6.92 Å². The Morgan fingerprint density at radius 2 is 2.18 bits per heavy atom. The molecule has 0 aliphatic carbocycles. The van der Waals surface area contributed by atoms with Crippen LogP contribution in [-0.4, -0.2) is 23.7 Å². The van der Waals surface area contributed by atoms with Crippen LogP contribution >= 0.6 is 0 Å². The molecule has 0 amide bonds. The van der Waals surface area contributed by atoms with Crippen molar-refractivity contribution >= 4 is 23.7 Å². The molecule has 90 valence electrons. The summed E-state index contributed by atoms with van der Waals surface area (Å²) in [7, 11) is 0. The van der Waals surface area contributed by atoms with Crippen LogP contribution in [0.1, 0.15) is 22.8 Å². The third-order valence-electron chi connectivity index (χ3n) is 2.06. The minimum Gasteiger partial charge on any atom is -0.478 e. The molecule has 0 aliphatic heterocycles. The molecule has 5 heteroatoms. The predicted molar refractivity (Wildman–Crippen MR) is 63.5 cm³/mol. The molecule has 0 saturated carbocycles. The van der Waals surface area contributed by atoms with Crippen LogP contribution in [0.25, 0.3) is 6.08 Å². The number of carbonyl (C=O) groups is 2. The number of hydrogen-bond donors (Lipinski definition) is 2. The van der Waals surface area contributed by atoms with E-state index in [0.29, 0.717) is 5.56 Å². The van der Waals surface area contributed by atoms with Gasteiger partial charge in [-0.1, -0.05) is 12.1 Å². The average molecular weight is 235 g/mol. The largest absolute Gasteiger partial charge is 0.478 e. The lowest BCUT2D eigenvalue weighted by Crippen LogP contribution is -2.04. The van der Waals surface area contributed by atoms with Gasteiger partial charge < -0.3 is 15.6 Å². The smallest absolute Gasteiger partial charge is 0.337 e.